The molecule has 2 aromatic carbocycles. The third-order valence-electron chi connectivity index (χ3n) is 5.25. The first kappa shape index (κ1) is 20.4. The van der Waals surface area contributed by atoms with Crippen molar-refractivity contribution in [1.29, 1.82) is 0 Å². The second-order valence-electron chi connectivity index (χ2n) is 7.32. The first-order chi connectivity index (χ1) is 14.5. The van der Waals surface area contributed by atoms with E-state index < -0.39 is 15.7 Å². The van der Waals surface area contributed by atoms with Gasteiger partial charge in [-0.25, -0.2) is 12.8 Å². The molecular formula is C22H23FN2O4S. The third kappa shape index (κ3) is 4.18. The molecule has 1 aliphatic rings. The van der Waals surface area contributed by atoms with E-state index >= 15 is 0 Å². The number of nitrogens with zero attached hydrogens (tertiary/aromatic N) is 1. The molecule has 0 atom stereocenters. The Labute approximate surface area is 175 Å². The van der Waals surface area contributed by atoms with Crippen LogP contribution in [0, 0.1) is 5.82 Å². The van der Waals surface area contributed by atoms with Gasteiger partial charge >= 0.3 is 0 Å². The number of rotatable bonds is 6. The zero-order valence-electron chi connectivity index (χ0n) is 16.6. The second kappa shape index (κ2) is 8.47. The van der Waals surface area contributed by atoms with Gasteiger partial charge in [-0.2, -0.15) is 4.98 Å². The Morgan fingerprint density at radius 3 is 2.33 bits per heavy atom. The number of halogens is 1. The van der Waals surface area contributed by atoms with Gasteiger partial charge in [-0.1, -0.05) is 19.3 Å². The number of ether oxygens (including phenoxy) is 1. The first-order valence-corrected chi connectivity index (χ1v) is 11.4. The molecule has 1 aliphatic carbocycles. The van der Waals surface area contributed by atoms with E-state index in [1.165, 1.54) is 18.6 Å². The lowest BCUT2D eigenvalue weighted by atomic mass is 9.96. The van der Waals surface area contributed by atoms with Crippen molar-refractivity contribution in [2.45, 2.75) is 48.1 Å². The fourth-order valence-corrected chi connectivity index (χ4v) is 4.86. The van der Waals surface area contributed by atoms with Crippen molar-refractivity contribution in [2.24, 2.45) is 0 Å². The Morgan fingerprint density at radius 2 is 1.70 bits per heavy atom. The standard InChI is InChI=1S/C22H23FN2O4S/c1-28-18-11-7-15(8-12-18)20-25-22(21(29-20)24-17-5-3-2-4-6-17)30(26,27)19-13-9-16(23)10-14-19/h7-14,17,24H,2-6H2,1H3. The van der Waals surface area contributed by atoms with Crippen LogP contribution in [0.25, 0.3) is 11.5 Å². The van der Waals surface area contributed by atoms with Crippen LogP contribution in [0.3, 0.4) is 0 Å². The average Bonchev–Trinajstić information content (AvgIpc) is 3.19. The van der Waals surface area contributed by atoms with Crippen molar-refractivity contribution in [2.75, 3.05) is 12.4 Å². The van der Waals surface area contributed by atoms with Gasteiger partial charge in [0.2, 0.25) is 26.6 Å². The summed E-state index contributed by atoms with van der Waals surface area (Å²) in [5, 5.41) is 3.05. The number of sulfone groups is 1. The molecule has 1 fully saturated rings. The summed E-state index contributed by atoms with van der Waals surface area (Å²) in [7, 11) is -2.43. The van der Waals surface area contributed by atoms with Gasteiger partial charge in [-0.05, 0) is 61.4 Å². The molecular weight excluding hydrogens is 407 g/mol. The normalized spacial score (nSPS) is 15.1. The fraction of sp³-hybridized carbons (Fsp3) is 0.318. The van der Waals surface area contributed by atoms with E-state index in [9.17, 15) is 12.8 Å². The second-order valence-corrected chi connectivity index (χ2v) is 9.18. The minimum atomic E-state index is -4.00. The van der Waals surface area contributed by atoms with Gasteiger partial charge in [-0.15, -0.1) is 0 Å². The van der Waals surface area contributed by atoms with Crippen molar-refractivity contribution >= 4 is 15.7 Å². The zero-order valence-corrected chi connectivity index (χ0v) is 17.4. The fourth-order valence-electron chi connectivity index (χ4n) is 3.59. The Hall–Kier alpha value is -2.87. The van der Waals surface area contributed by atoms with Crippen LogP contribution in [0.5, 0.6) is 5.75 Å². The van der Waals surface area contributed by atoms with Crippen LogP contribution in [0.4, 0.5) is 10.3 Å². The summed E-state index contributed by atoms with van der Waals surface area (Å²) in [4.78, 5) is 4.28. The van der Waals surface area contributed by atoms with Gasteiger partial charge in [0.1, 0.15) is 11.6 Å². The van der Waals surface area contributed by atoms with E-state index in [1.54, 1.807) is 31.4 Å². The molecule has 1 N–H and O–H groups in total. The molecule has 8 heteroatoms. The molecule has 4 rings (SSSR count). The summed E-state index contributed by atoms with van der Waals surface area (Å²) in [6.07, 6.45) is 5.21. The molecule has 0 amide bonds. The van der Waals surface area contributed by atoms with E-state index in [-0.39, 0.29) is 27.7 Å². The average molecular weight is 431 g/mol. The molecule has 0 saturated heterocycles. The van der Waals surface area contributed by atoms with Crippen LogP contribution in [-0.4, -0.2) is 26.6 Å². The quantitative estimate of drug-likeness (QED) is 0.550. The highest BCUT2D eigenvalue weighted by Crippen LogP contribution is 2.34. The lowest BCUT2D eigenvalue weighted by Gasteiger charge is -2.22. The van der Waals surface area contributed by atoms with Crippen LogP contribution in [0.1, 0.15) is 32.1 Å². The molecule has 1 aromatic heterocycles. The van der Waals surface area contributed by atoms with Gasteiger partial charge in [0, 0.05) is 11.6 Å². The van der Waals surface area contributed by atoms with Crippen molar-refractivity contribution in [3.8, 4) is 17.2 Å². The topological polar surface area (TPSA) is 81.4 Å². The molecule has 30 heavy (non-hydrogen) atoms. The maximum absolute atomic E-state index is 13.3. The minimum Gasteiger partial charge on any atom is -0.497 e. The number of methoxy groups -OCH3 is 1. The maximum atomic E-state index is 13.3. The number of hydrogen-bond donors (Lipinski definition) is 1. The summed E-state index contributed by atoms with van der Waals surface area (Å²) in [5.74, 6) is 0.479. The van der Waals surface area contributed by atoms with Crippen LogP contribution in [0.2, 0.25) is 0 Å². The lowest BCUT2D eigenvalue weighted by Crippen LogP contribution is -2.23. The van der Waals surface area contributed by atoms with E-state index in [2.05, 4.69) is 10.3 Å². The van der Waals surface area contributed by atoms with Gasteiger partial charge < -0.3 is 14.5 Å². The van der Waals surface area contributed by atoms with Crippen LogP contribution < -0.4 is 10.1 Å². The summed E-state index contributed by atoms with van der Waals surface area (Å²) >= 11 is 0. The Balaban J connectivity index is 1.75. The molecule has 0 radical (unpaired) electrons. The number of benzene rings is 2. The molecule has 6 nitrogen and oxygen atoms in total. The first-order valence-electron chi connectivity index (χ1n) is 9.90. The van der Waals surface area contributed by atoms with Crippen molar-refractivity contribution in [1.82, 2.24) is 4.98 Å². The van der Waals surface area contributed by atoms with Crippen molar-refractivity contribution in [3.05, 3.63) is 54.3 Å². The number of hydrogen-bond acceptors (Lipinski definition) is 6. The monoisotopic (exact) mass is 430 g/mol. The van der Waals surface area contributed by atoms with E-state index in [1.807, 2.05) is 0 Å². The van der Waals surface area contributed by atoms with E-state index in [4.69, 9.17) is 9.15 Å². The molecule has 3 aromatic rings. The third-order valence-corrected chi connectivity index (χ3v) is 6.93. The minimum absolute atomic E-state index is 0.0369. The molecule has 0 aliphatic heterocycles. The maximum Gasteiger partial charge on any atom is 0.234 e. The van der Waals surface area contributed by atoms with E-state index in [0.29, 0.717) is 11.3 Å². The highest BCUT2D eigenvalue weighted by molar-refractivity contribution is 7.91. The molecule has 1 saturated carbocycles. The summed E-state index contributed by atoms with van der Waals surface area (Å²) < 4.78 is 50.9. The molecule has 0 bridgehead atoms. The summed E-state index contributed by atoms with van der Waals surface area (Å²) in [6.45, 7) is 0. The van der Waals surface area contributed by atoms with Crippen LogP contribution >= 0.6 is 0 Å². The molecule has 1 heterocycles. The lowest BCUT2D eigenvalue weighted by molar-refractivity contribution is 0.415. The largest absolute Gasteiger partial charge is 0.497 e. The number of aromatic nitrogens is 1. The zero-order chi connectivity index (χ0) is 21.1. The molecule has 0 spiro atoms. The van der Waals surface area contributed by atoms with Gasteiger partial charge in [0.25, 0.3) is 0 Å². The molecule has 158 valence electrons. The smallest absolute Gasteiger partial charge is 0.234 e. The SMILES string of the molecule is COc1ccc(-c2nc(S(=O)(=O)c3ccc(F)cc3)c(NC3CCCCC3)o2)cc1. The van der Waals surface area contributed by atoms with E-state index in [0.717, 1.165) is 37.8 Å². The number of oxazole rings is 1. The Bertz CT molecular complexity index is 1100. The highest BCUT2D eigenvalue weighted by atomic mass is 32.2. The van der Waals surface area contributed by atoms with Crippen LogP contribution in [-0.2, 0) is 9.84 Å². The Morgan fingerprint density at radius 1 is 1.03 bits per heavy atom. The number of anilines is 1. The molecule has 0 unspecified atom stereocenters. The van der Waals surface area contributed by atoms with Gasteiger partial charge in [-0.3, -0.25) is 0 Å². The van der Waals surface area contributed by atoms with Crippen molar-refractivity contribution < 1.29 is 22.0 Å². The predicted molar refractivity (Wildman–Crippen MR) is 111 cm³/mol. The highest BCUT2D eigenvalue weighted by Gasteiger charge is 2.30. The van der Waals surface area contributed by atoms with Gasteiger partial charge in [0.15, 0.2) is 0 Å². The van der Waals surface area contributed by atoms with Crippen LogP contribution in [0.15, 0.2) is 62.9 Å². The van der Waals surface area contributed by atoms with Crippen molar-refractivity contribution in [3.63, 3.8) is 0 Å². The summed E-state index contributed by atoms with van der Waals surface area (Å²) in [6, 6.07) is 11.8. The Kier molecular flexibility index (Phi) is 5.76. The number of nitrogens with one attached hydrogen (secondary N) is 1. The summed E-state index contributed by atoms with van der Waals surface area (Å²) in [5.41, 5.74) is 0.628. The predicted octanol–water partition coefficient (Wildman–Crippen LogP) is 5.07. The van der Waals surface area contributed by atoms with Gasteiger partial charge in [0.05, 0.1) is 12.0 Å².